The summed E-state index contributed by atoms with van der Waals surface area (Å²) in [4.78, 5) is 1.63. The molecule has 0 amide bonds. The lowest BCUT2D eigenvalue weighted by Crippen LogP contribution is -2.00. The molecule has 2 aliphatic rings. The monoisotopic (exact) mass is 862 g/mol. The topological polar surface area (TPSA) is 90.0 Å². The average molecular weight is 865 g/mol. The highest BCUT2D eigenvalue weighted by molar-refractivity contribution is 7.88. The molecule has 0 saturated heterocycles. The highest BCUT2D eigenvalue weighted by atomic mass is 35.5. The van der Waals surface area contributed by atoms with E-state index in [1.807, 2.05) is 5.38 Å². The van der Waals surface area contributed by atoms with Gasteiger partial charge in [-0.3, -0.25) is 4.55 Å². The van der Waals surface area contributed by atoms with Gasteiger partial charge in [0.15, 0.2) is 0 Å². The van der Waals surface area contributed by atoms with Gasteiger partial charge in [0.05, 0.1) is 42.6 Å². The van der Waals surface area contributed by atoms with E-state index in [1.54, 1.807) is 58.5 Å². The Bertz CT molecular complexity index is 2640. The number of hydrogen-bond donors (Lipinski definition) is 1. The van der Waals surface area contributed by atoms with Crippen LogP contribution in [0.1, 0.15) is 72.2 Å². The van der Waals surface area contributed by atoms with Crippen molar-refractivity contribution in [1.29, 1.82) is 0 Å². The number of unbranched alkanes of at least 4 members (excludes halogenated alkanes) is 5. The van der Waals surface area contributed by atoms with Gasteiger partial charge in [-0.25, -0.2) is 18.1 Å². The second kappa shape index (κ2) is 15.0. The molecule has 0 atom stereocenters. The van der Waals surface area contributed by atoms with E-state index < -0.39 is 15.9 Å². The van der Waals surface area contributed by atoms with Gasteiger partial charge < -0.3 is 0 Å². The lowest BCUT2D eigenvalue weighted by Gasteiger charge is -2.08. The van der Waals surface area contributed by atoms with Crippen molar-refractivity contribution in [3.63, 3.8) is 0 Å². The molecule has 0 fully saturated rings. The third-order valence-corrected chi connectivity index (χ3v) is 14.0. The summed E-state index contributed by atoms with van der Waals surface area (Å²) >= 11 is 27.8. The van der Waals surface area contributed by atoms with E-state index in [1.165, 1.54) is 16.8 Å². The minimum Gasteiger partial charge on any atom is -0.281 e. The molecule has 1 N–H and O–H groups in total. The minimum atomic E-state index is -4.42. The van der Waals surface area contributed by atoms with Gasteiger partial charge in [-0.2, -0.15) is 18.6 Å². The molecule has 2 aromatic carbocycles. The molecule has 278 valence electrons. The molecule has 0 aliphatic heterocycles. The molecular weight excluding hydrogens is 836 g/mol. The van der Waals surface area contributed by atoms with E-state index in [4.69, 9.17) is 46.4 Å². The second-order valence-corrected chi connectivity index (χ2v) is 18.3. The van der Waals surface area contributed by atoms with Crippen LogP contribution in [0.25, 0.3) is 44.2 Å². The maximum absolute atomic E-state index is 15.8. The fraction of sp³-hybridized carbons (Fsp3) is 0.211. The highest BCUT2D eigenvalue weighted by Gasteiger charge is 2.34. The highest BCUT2D eigenvalue weighted by Crippen LogP contribution is 2.48. The maximum Gasteiger partial charge on any atom is 0.304 e. The summed E-state index contributed by atoms with van der Waals surface area (Å²) in [7, 11) is -4.42. The minimum absolute atomic E-state index is 0.149. The Kier molecular flexibility index (Phi) is 10.4. The summed E-state index contributed by atoms with van der Waals surface area (Å²) in [6.45, 7) is 0. The number of nitrogens with zero attached hydrogens (tertiary/aromatic N) is 4. The first kappa shape index (κ1) is 37.6. The number of hydrogen-bond acceptors (Lipinski definition) is 6. The number of fused-ring (bicyclic) bond motifs is 6. The zero-order chi connectivity index (χ0) is 37.9. The van der Waals surface area contributed by atoms with Crippen LogP contribution in [0.3, 0.4) is 0 Å². The Morgan fingerprint density at radius 3 is 1.78 bits per heavy atom. The number of allylic oxidation sites excluding steroid dienone is 2. The van der Waals surface area contributed by atoms with Crippen molar-refractivity contribution in [2.45, 2.75) is 55.6 Å². The van der Waals surface area contributed by atoms with Gasteiger partial charge in [-0.1, -0.05) is 59.2 Å². The van der Waals surface area contributed by atoms with Crippen LogP contribution in [0.2, 0.25) is 20.1 Å². The van der Waals surface area contributed by atoms with Gasteiger partial charge in [0, 0.05) is 34.0 Å². The molecule has 2 aliphatic carbocycles. The molecule has 4 aromatic heterocycles. The molecular formula is C38H28Cl4F2N4O3S3. The fourth-order valence-electron chi connectivity index (χ4n) is 6.96. The van der Waals surface area contributed by atoms with Crippen molar-refractivity contribution in [1.82, 2.24) is 19.6 Å². The van der Waals surface area contributed by atoms with Gasteiger partial charge in [0.2, 0.25) is 0 Å². The Labute approximate surface area is 337 Å². The molecule has 0 bridgehead atoms. The van der Waals surface area contributed by atoms with Crippen LogP contribution in [-0.4, -0.2) is 32.5 Å². The molecule has 0 unspecified atom stereocenters. The molecule has 0 saturated carbocycles. The van der Waals surface area contributed by atoms with Gasteiger partial charge in [0.25, 0.3) is 0 Å². The smallest absolute Gasteiger partial charge is 0.281 e. The Morgan fingerprint density at radius 1 is 0.741 bits per heavy atom. The summed E-state index contributed by atoms with van der Waals surface area (Å²) in [6.07, 6.45) is 8.07. The van der Waals surface area contributed by atoms with Crippen LogP contribution in [0, 0.1) is 0 Å². The van der Waals surface area contributed by atoms with Crippen LogP contribution in [0.15, 0.2) is 70.3 Å². The van der Waals surface area contributed by atoms with Gasteiger partial charge in [0.1, 0.15) is 27.3 Å². The van der Waals surface area contributed by atoms with Gasteiger partial charge in [-0.05, 0) is 103 Å². The molecule has 4 heterocycles. The van der Waals surface area contributed by atoms with Crippen LogP contribution in [0.4, 0.5) is 8.78 Å². The first-order valence-corrected chi connectivity index (χ1v) is 21.6. The van der Waals surface area contributed by atoms with E-state index in [-0.39, 0.29) is 27.2 Å². The van der Waals surface area contributed by atoms with E-state index in [0.717, 1.165) is 58.7 Å². The number of aromatic nitrogens is 4. The zero-order valence-corrected chi connectivity index (χ0v) is 33.5. The Balaban J connectivity index is 0.921. The number of benzene rings is 2. The van der Waals surface area contributed by atoms with Crippen LogP contribution in [0.5, 0.6) is 0 Å². The summed E-state index contributed by atoms with van der Waals surface area (Å²) in [5.74, 6) is -0.864. The van der Waals surface area contributed by atoms with Crippen molar-refractivity contribution in [3.8, 4) is 32.5 Å². The fourth-order valence-corrected chi connectivity index (χ4v) is 10.9. The quantitative estimate of drug-likeness (QED) is 0.0976. The van der Waals surface area contributed by atoms with E-state index in [2.05, 4.69) is 16.3 Å². The third kappa shape index (κ3) is 7.00. The first-order valence-electron chi connectivity index (χ1n) is 16.9. The Hall–Kier alpha value is -3.33. The first-order chi connectivity index (χ1) is 25.9. The largest absolute Gasteiger partial charge is 0.304 e. The summed E-state index contributed by atoms with van der Waals surface area (Å²) in [5.41, 5.74) is 6.18. The Morgan fingerprint density at radius 2 is 1.26 bits per heavy atom. The summed E-state index contributed by atoms with van der Waals surface area (Å²) in [6, 6.07) is 13.5. The van der Waals surface area contributed by atoms with E-state index >= 15 is 8.78 Å². The lowest BCUT2D eigenvalue weighted by atomic mass is 10.1. The number of rotatable bonds is 12. The van der Waals surface area contributed by atoms with Crippen LogP contribution >= 0.6 is 69.1 Å². The molecule has 7 nitrogen and oxygen atoms in total. The van der Waals surface area contributed by atoms with Crippen molar-refractivity contribution >= 4 is 90.8 Å². The van der Waals surface area contributed by atoms with Gasteiger partial charge in [-0.15, -0.1) is 22.7 Å². The van der Waals surface area contributed by atoms with Crippen molar-refractivity contribution in [3.05, 3.63) is 120 Å². The SMILES string of the molecule is O=S(=O)(O)c1cc2c(s1)-c1c(c(/C(F)=C/CCCCCC/C=C(\F)c3nn(-c4ccc(Cl)cc4Cl)c4c3Cc3ccsc3-4)nn1-c1ccc(Cl)cc1Cl)C2. The van der Waals surface area contributed by atoms with Gasteiger partial charge >= 0.3 is 10.1 Å². The molecule has 6 aromatic rings. The van der Waals surface area contributed by atoms with Crippen LogP contribution in [-0.2, 0) is 23.0 Å². The van der Waals surface area contributed by atoms with E-state index in [0.29, 0.717) is 73.1 Å². The standard InChI is InChI=1S/C38H28Cl4F2N4O3S3/c39-22-9-11-30(26(41)18-22)47-35-24(15-20-13-14-52-37(20)35)33(45-47)28(43)7-5-3-1-2-4-6-8-29(44)34-25-16-21-17-32(54(49,50)51)53-38(21)36(25)48(46-34)31-12-10-23(40)19-27(31)42/h7-14,17-19H,1-6,15-16H2,(H,49,50,51)/b28-7-,29-8-. The molecule has 0 spiro atoms. The second-order valence-electron chi connectivity index (χ2n) is 13.0. The average Bonchev–Trinajstić information content (AvgIpc) is 3.94. The normalized spacial score (nSPS) is 13.8. The predicted octanol–water partition coefficient (Wildman–Crippen LogP) is 12.8. The molecule has 54 heavy (non-hydrogen) atoms. The number of halogens is 6. The van der Waals surface area contributed by atoms with Crippen molar-refractivity contribution < 1.29 is 21.8 Å². The third-order valence-electron chi connectivity index (χ3n) is 9.45. The summed E-state index contributed by atoms with van der Waals surface area (Å²) in [5, 5.41) is 12.9. The van der Waals surface area contributed by atoms with Crippen LogP contribution < -0.4 is 0 Å². The van der Waals surface area contributed by atoms with E-state index in [9.17, 15) is 13.0 Å². The molecule has 8 rings (SSSR count). The molecule has 0 radical (unpaired) electrons. The number of thiophene rings is 2. The van der Waals surface area contributed by atoms with Crippen molar-refractivity contribution in [2.75, 3.05) is 0 Å². The van der Waals surface area contributed by atoms with Crippen molar-refractivity contribution in [2.24, 2.45) is 0 Å². The lowest BCUT2D eigenvalue weighted by molar-refractivity contribution is 0.485. The summed E-state index contributed by atoms with van der Waals surface area (Å²) < 4.78 is 67.9. The predicted molar refractivity (Wildman–Crippen MR) is 215 cm³/mol. The zero-order valence-electron chi connectivity index (χ0n) is 28.1. The maximum atomic E-state index is 15.8. The molecule has 16 heteroatoms.